The Morgan fingerprint density at radius 1 is 1.53 bits per heavy atom. The van der Waals surface area contributed by atoms with Crippen LogP contribution < -0.4 is 5.32 Å². The Labute approximate surface area is 101 Å². The van der Waals surface area contributed by atoms with Gasteiger partial charge >= 0.3 is 12.0 Å². The lowest BCUT2D eigenvalue weighted by Gasteiger charge is -2.25. The van der Waals surface area contributed by atoms with E-state index in [2.05, 4.69) is 5.32 Å². The van der Waals surface area contributed by atoms with Crippen LogP contribution in [0, 0.1) is 5.92 Å². The second-order valence-electron chi connectivity index (χ2n) is 4.89. The van der Waals surface area contributed by atoms with Crippen LogP contribution in [0.3, 0.4) is 0 Å². The molecule has 1 aliphatic heterocycles. The molecule has 6 heteroatoms. The van der Waals surface area contributed by atoms with Crippen LogP contribution in [0.2, 0.25) is 0 Å². The lowest BCUT2D eigenvalue weighted by atomic mass is 10.1. The van der Waals surface area contributed by atoms with Crippen LogP contribution in [0.1, 0.15) is 20.3 Å². The fraction of sp³-hybridized carbons (Fsp3) is 0.818. The zero-order chi connectivity index (χ0) is 13.1. The Morgan fingerprint density at radius 3 is 2.65 bits per heavy atom. The highest BCUT2D eigenvalue weighted by atomic mass is 16.5. The average molecular weight is 244 g/mol. The van der Waals surface area contributed by atoms with Crippen LogP contribution >= 0.6 is 0 Å². The topological polar surface area (TPSA) is 78.9 Å². The maximum atomic E-state index is 11.7. The number of likely N-dealkylation sites (tertiary alicyclic amines) is 1. The first kappa shape index (κ1) is 13.8. The van der Waals surface area contributed by atoms with Gasteiger partial charge in [-0.3, -0.25) is 4.79 Å². The predicted molar refractivity (Wildman–Crippen MR) is 61.8 cm³/mol. The molecular formula is C11H20N2O4. The van der Waals surface area contributed by atoms with E-state index in [0.29, 0.717) is 19.5 Å². The Hall–Kier alpha value is -1.30. The number of nitrogens with zero attached hydrogens (tertiary/aromatic N) is 1. The van der Waals surface area contributed by atoms with Crippen molar-refractivity contribution in [2.45, 2.75) is 25.9 Å². The van der Waals surface area contributed by atoms with Crippen LogP contribution in [-0.2, 0) is 9.53 Å². The van der Waals surface area contributed by atoms with Crippen molar-refractivity contribution in [2.24, 2.45) is 5.92 Å². The molecule has 98 valence electrons. The summed E-state index contributed by atoms with van der Waals surface area (Å²) >= 11 is 0. The second-order valence-corrected chi connectivity index (χ2v) is 4.89. The summed E-state index contributed by atoms with van der Waals surface area (Å²) < 4.78 is 5.18. The summed E-state index contributed by atoms with van der Waals surface area (Å²) in [6.07, 6.45) is 0.524. The average Bonchev–Trinajstić information content (AvgIpc) is 2.75. The minimum absolute atomic E-state index is 0.223. The Bertz CT molecular complexity index is 304. The van der Waals surface area contributed by atoms with Crippen LogP contribution in [-0.4, -0.2) is 54.4 Å². The van der Waals surface area contributed by atoms with Gasteiger partial charge in [0.2, 0.25) is 0 Å². The first-order chi connectivity index (χ1) is 7.85. The SMILES string of the molecule is COC(C)(C)CNC(=O)N1CCC(C(=O)O)C1. The number of carbonyl (C=O) groups is 2. The molecular weight excluding hydrogens is 224 g/mol. The Morgan fingerprint density at radius 2 is 2.18 bits per heavy atom. The van der Waals surface area contributed by atoms with Gasteiger partial charge in [-0.1, -0.05) is 0 Å². The number of carboxylic acid groups (broad SMARTS) is 1. The van der Waals surface area contributed by atoms with Crippen molar-refractivity contribution in [3.63, 3.8) is 0 Å². The number of hydrogen-bond donors (Lipinski definition) is 2. The van der Waals surface area contributed by atoms with Gasteiger partial charge in [0.05, 0.1) is 11.5 Å². The number of aliphatic carboxylic acids is 1. The second kappa shape index (κ2) is 5.35. The van der Waals surface area contributed by atoms with E-state index >= 15 is 0 Å². The summed E-state index contributed by atoms with van der Waals surface area (Å²) in [5.74, 6) is -1.27. The number of nitrogens with one attached hydrogen (secondary N) is 1. The molecule has 0 spiro atoms. The summed E-state index contributed by atoms with van der Waals surface area (Å²) in [6, 6.07) is -0.223. The number of carboxylic acids is 1. The molecule has 0 radical (unpaired) electrons. The van der Waals surface area contributed by atoms with Gasteiger partial charge in [-0.05, 0) is 20.3 Å². The maximum Gasteiger partial charge on any atom is 0.317 e. The largest absolute Gasteiger partial charge is 0.481 e. The first-order valence-electron chi connectivity index (χ1n) is 5.66. The van der Waals surface area contributed by atoms with Gasteiger partial charge in [-0.2, -0.15) is 0 Å². The zero-order valence-electron chi connectivity index (χ0n) is 10.5. The van der Waals surface area contributed by atoms with E-state index in [1.54, 1.807) is 7.11 Å². The van der Waals surface area contributed by atoms with Gasteiger partial charge < -0.3 is 20.1 Å². The Kier molecular flexibility index (Phi) is 4.34. The van der Waals surface area contributed by atoms with E-state index in [0.717, 1.165) is 0 Å². The number of rotatable bonds is 4. The fourth-order valence-electron chi connectivity index (χ4n) is 1.62. The molecule has 0 aromatic rings. The van der Waals surface area contributed by atoms with Gasteiger partial charge in [0.25, 0.3) is 0 Å². The molecule has 2 amide bonds. The van der Waals surface area contributed by atoms with Crippen molar-refractivity contribution in [3.8, 4) is 0 Å². The molecule has 0 saturated carbocycles. The summed E-state index contributed by atoms with van der Waals surface area (Å²) in [7, 11) is 1.59. The van der Waals surface area contributed by atoms with Crippen LogP contribution in [0.15, 0.2) is 0 Å². The number of methoxy groups -OCH3 is 1. The number of hydrogen-bond acceptors (Lipinski definition) is 3. The first-order valence-corrected chi connectivity index (χ1v) is 5.66. The van der Waals surface area contributed by atoms with Gasteiger partial charge in [0.1, 0.15) is 0 Å². The molecule has 1 heterocycles. The van der Waals surface area contributed by atoms with E-state index in [1.165, 1.54) is 4.90 Å². The quantitative estimate of drug-likeness (QED) is 0.756. The molecule has 0 aliphatic carbocycles. The molecule has 0 aromatic carbocycles. The number of ether oxygens (including phenoxy) is 1. The molecule has 1 rings (SSSR count). The van der Waals surface area contributed by atoms with Gasteiger partial charge in [0, 0.05) is 26.7 Å². The number of amides is 2. The monoisotopic (exact) mass is 244 g/mol. The third-order valence-electron chi connectivity index (χ3n) is 3.04. The molecule has 1 saturated heterocycles. The van der Waals surface area contributed by atoms with Crippen LogP contribution in [0.25, 0.3) is 0 Å². The minimum atomic E-state index is -0.836. The minimum Gasteiger partial charge on any atom is -0.481 e. The molecule has 1 unspecified atom stereocenters. The summed E-state index contributed by atoms with van der Waals surface area (Å²) in [6.45, 7) is 4.93. The maximum absolute atomic E-state index is 11.7. The molecule has 1 fully saturated rings. The van der Waals surface area contributed by atoms with Gasteiger partial charge in [0.15, 0.2) is 0 Å². The normalized spacial score (nSPS) is 20.4. The fourth-order valence-corrected chi connectivity index (χ4v) is 1.62. The highest BCUT2D eigenvalue weighted by Gasteiger charge is 2.31. The summed E-state index contributed by atoms with van der Waals surface area (Å²) in [5.41, 5.74) is -0.415. The molecule has 6 nitrogen and oxygen atoms in total. The van der Waals surface area contributed by atoms with Gasteiger partial charge in [-0.25, -0.2) is 4.79 Å². The van der Waals surface area contributed by atoms with E-state index in [-0.39, 0.29) is 12.6 Å². The Balaban J connectivity index is 2.37. The molecule has 1 aliphatic rings. The molecule has 2 N–H and O–H groups in total. The van der Waals surface area contributed by atoms with Gasteiger partial charge in [-0.15, -0.1) is 0 Å². The lowest BCUT2D eigenvalue weighted by molar-refractivity contribution is -0.141. The highest BCUT2D eigenvalue weighted by Crippen LogP contribution is 2.16. The molecule has 0 aromatic heterocycles. The van der Waals surface area contributed by atoms with E-state index in [4.69, 9.17) is 9.84 Å². The summed E-state index contributed by atoms with van der Waals surface area (Å²) in [5, 5.41) is 11.6. The predicted octanol–water partition coefficient (Wildman–Crippen LogP) is 0.527. The van der Waals surface area contributed by atoms with Crippen molar-refractivity contribution >= 4 is 12.0 Å². The van der Waals surface area contributed by atoms with E-state index in [9.17, 15) is 9.59 Å². The van der Waals surface area contributed by atoms with Crippen LogP contribution in [0.5, 0.6) is 0 Å². The van der Waals surface area contributed by atoms with Crippen molar-refractivity contribution in [1.29, 1.82) is 0 Å². The van der Waals surface area contributed by atoms with E-state index in [1.807, 2.05) is 13.8 Å². The van der Waals surface area contributed by atoms with Crippen molar-refractivity contribution in [3.05, 3.63) is 0 Å². The smallest absolute Gasteiger partial charge is 0.317 e. The van der Waals surface area contributed by atoms with Crippen molar-refractivity contribution in [1.82, 2.24) is 10.2 Å². The summed E-state index contributed by atoms with van der Waals surface area (Å²) in [4.78, 5) is 24.0. The van der Waals surface area contributed by atoms with Crippen molar-refractivity contribution < 1.29 is 19.4 Å². The number of carbonyl (C=O) groups excluding carboxylic acids is 1. The lowest BCUT2D eigenvalue weighted by Crippen LogP contribution is -2.45. The molecule has 0 bridgehead atoms. The third kappa shape index (κ3) is 3.89. The highest BCUT2D eigenvalue weighted by molar-refractivity contribution is 5.77. The standard InChI is InChI=1S/C11H20N2O4/c1-11(2,17-3)7-12-10(16)13-5-4-8(6-13)9(14)15/h8H,4-7H2,1-3H3,(H,12,16)(H,14,15). The molecule has 1 atom stereocenters. The molecule has 17 heavy (non-hydrogen) atoms. The third-order valence-corrected chi connectivity index (χ3v) is 3.04. The van der Waals surface area contributed by atoms with E-state index < -0.39 is 17.5 Å². The van der Waals surface area contributed by atoms with Crippen molar-refractivity contribution in [2.75, 3.05) is 26.7 Å². The number of urea groups is 1. The zero-order valence-corrected chi connectivity index (χ0v) is 10.5. The van der Waals surface area contributed by atoms with Crippen LogP contribution in [0.4, 0.5) is 4.79 Å².